The van der Waals surface area contributed by atoms with Crippen LogP contribution in [0.25, 0.3) is 0 Å². The Labute approximate surface area is 65.7 Å². The van der Waals surface area contributed by atoms with E-state index in [9.17, 15) is 4.79 Å². The maximum Gasteiger partial charge on any atom is 0.308 e. The van der Waals surface area contributed by atoms with E-state index in [2.05, 4.69) is 0 Å². The summed E-state index contributed by atoms with van der Waals surface area (Å²) in [6, 6.07) is 0. The SMILES string of the molecule is O=C1CC2(CCCCO2)CO1. The summed E-state index contributed by atoms with van der Waals surface area (Å²) in [5.41, 5.74) is -0.227. The van der Waals surface area contributed by atoms with E-state index < -0.39 is 0 Å². The molecule has 0 aromatic rings. The first kappa shape index (κ1) is 7.10. The molecule has 3 nitrogen and oxygen atoms in total. The highest BCUT2D eigenvalue weighted by Gasteiger charge is 2.42. The van der Waals surface area contributed by atoms with E-state index in [1.807, 2.05) is 0 Å². The molecule has 2 heterocycles. The highest BCUT2D eigenvalue weighted by Crippen LogP contribution is 2.32. The second kappa shape index (κ2) is 2.48. The van der Waals surface area contributed by atoms with E-state index in [4.69, 9.17) is 9.47 Å². The maximum absolute atomic E-state index is 10.8. The summed E-state index contributed by atoms with van der Waals surface area (Å²) in [5.74, 6) is -0.105. The lowest BCUT2D eigenvalue weighted by Gasteiger charge is -2.30. The number of rotatable bonds is 0. The summed E-state index contributed by atoms with van der Waals surface area (Å²) in [6.45, 7) is 1.27. The summed E-state index contributed by atoms with van der Waals surface area (Å²) < 4.78 is 10.4. The van der Waals surface area contributed by atoms with Crippen molar-refractivity contribution in [3.63, 3.8) is 0 Å². The first-order valence-corrected chi connectivity index (χ1v) is 4.10. The molecule has 0 aromatic heterocycles. The van der Waals surface area contributed by atoms with Crippen molar-refractivity contribution in [3.05, 3.63) is 0 Å². The van der Waals surface area contributed by atoms with Gasteiger partial charge in [-0.05, 0) is 19.3 Å². The highest BCUT2D eigenvalue weighted by molar-refractivity contribution is 5.73. The average molecular weight is 156 g/mol. The Kier molecular flexibility index (Phi) is 1.60. The molecular formula is C8H12O3. The smallest absolute Gasteiger partial charge is 0.308 e. The third-order valence-electron chi connectivity index (χ3n) is 2.40. The Morgan fingerprint density at radius 3 is 2.82 bits per heavy atom. The molecule has 2 aliphatic rings. The first-order chi connectivity index (χ1) is 5.31. The van der Waals surface area contributed by atoms with Gasteiger partial charge in [0.2, 0.25) is 0 Å². The molecule has 2 saturated heterocycles. The Morgan fingerprint density at radius 2 is 2.27 bits per heavy atom. The third-order valence-corrected chi connectivity index (χ3v) is 2.40. The van der Waals surface area contributed by atoms with E-state index in [0.717, 1.165) is 25.9 Å². The number of esters is 1. The fourth-order valence-corrected chi connectivity index (χ4v) is 1.74. The van der Waals surface area contributed by atoms with E-state index in [1.54, 1.807) is 0 Å². The summed E-state index contributed by atoms with van der Waals surface area (Å²) in [5, 5.41) is 0. The Bertz CT molecular complexity index is 170. The second-order valence-electron chi connectivity index (χ2n) is 3.33. The molecule has 1 unspecified atom stereocenters. The summed E-state index contributed by atoms with van der Waals surface area (Å²) in [7, 11) is 0. The molecule has 0 N–H and O–H groups in total. The Hall–Kier alpha value is -0.570. The van der Waals surface area contributed by atoms with Crippen molar-refractivity contribution < 1.29 is 14.3 Å². The van der Waals surface area contributed by atoms with Gasteiger partial charge in [-0.3, -0.25) is 4.79 Å². The number of cyclic esters (lactones) is 1. The molecule has 0 amide bonds. The van der Waals surface area contributed by atoms with Crippen molar-refractivity contribution in [2.45, 2.75) is 31.3 Å². The van der Waals surface area contributed by atoms with E-state index in [1.165, 1.54) is 0 Å². The van der Waals surface area contributed by atoms with Crippen LogP contribution >= 0.6 is 0 Å². The fraction of sp³-hybridized carbons (Fsp3) is 0.875. The molecule has 2 fully saturated rings. The van der Waals surface area contributed by atoms with Gasteiger partial charge in [0, 0.05) is 6.61 Å². The van der Waals surface area contributed by atoms with Crippen LogP contribution in [0.3, 0.4) is 0 Å². The number of ether oxygens (including phenoxy) is 2. The number of hydrogen-bond acceptors (Lipinski definition) is 3. The lowest BCUT2D eigenvalue weighted by atomic mass is 9.93. The average Bonchev–Trinajstić information content (AvgIpc) is 2.34. The van der Waals surface area contributed by atoms with Gasteiger partial charge in [0.1, 0.15) is 12.2 Å². The van der Waals surface area contributed by atoms with Gasteiger partial charge < -0.3 is 9.47 Å². The van der Waals surface area contributed by atoms with Gasteiger partial charge >= 0.3 is 5.97 Å². The Morgan fingerprint density at radius 1 is 1.36 bits per heavy atom. The van der Waals surface area contributed by atoms with Gasteiger partial charge in [0.25, 0.3) is 0 Å². The zero-order valence-corrected chi connectivity index (χ0v) is 6.47. The van der Waals surface area contributed by atoms with Crippen molar-refractivity contribution >= 4 is 5.97 Å². The predicted molar refractivity (Wildman–Crippen MR) is 38.1 cm³/mol. The number of hydrogen-bond donors (Lipinski definition) is 0. The van der Waals surface area contributed by atoms with Crippen LogP contribution in [0.5, 0.6) is 0 Å². The zero-order valence-electron chi connectivity index (χ0n) is 6.47. The molecule has 11 heavy (non-hydrogen) atoms. The minimum Gasteiger partial charge on any atom is -0.463 e. The van der Waals surface area contributed by atoms with Crippen LogP contribution in [-0.4, -0.2) is 24.8 Å². The molecule has 3 heteroatoms. The maximum atomic E-state index is 10.8. The monoisotopic (exact) mass is 156 g/mol. The van der Waals surface area contributed by atoms with Gasteiger partial charge in [-0.25, -0.2) is 0 Å². The lowest BCUT2D eigenvalue weighted by Crippen LogP contribution is -2.36. The summed E-state index contributed by atoms with van der Waals surface area (Å²) >= 11 is 0. The van der Waals surface area contributed by atoms with E-state index in [-0.39, 0.29) is 11.6 Å². The second-order valence-corrected chi connectivity index (χ2v) is 3.33. The van der Waals surface area contributed by atoms with E-state index in [0.29, 0.717) is 13.0 Å². The van der Waals surface area contributed by atoms with Crippen molar-refractivity contribution in [1.82, 2.24) is 0 Å². The number of carbonyl (C=O) groups excluding carboxylic acids is 1. The molecular weight excluding hydrogens is 144 g/mol. The van der Waals surface area contributed by atoms with Crippen molar-refractivity contribution in [2.24, 2.45) is 0 Å². The van der Waals surface area contributed by atoms with Crippen LogP contribution in [0.2, 0.25) is 0 Å². The largest absolute Gasteiger partial charge is 0.463 e. The van der Waals surface area contributed by atoms with Gasteiger partial charge in [-0.15, -0.1) is 0 Å². The Balaban J connectivity index is 2.03. The molecule has 2 rings (SSSR count). The van der Waals surface area contributed by atoms with Gasteiger partial charge in [-0.1, -0.05) is 0 Å². The van der Waals surface area contributed by atoms with Gasteiger partial charge in [-0.2, -0.15) is 0 Å². The van der Waals surface area contributed by atoms with Crippen LogP contribution in [-0.2, 0) is 14.3 Å². The molecule has 2 aliphatic heterocycles. The summed E-state index contributed by atoms with van der Waals surface area (Å²) in [4.78, 5) is 10.8. The molecule has 0 saturated carbocycles. The zero-order chi connectivity index (χ0) is 7.73. The van der Waals surface area contributed by atoms with Crippen molar-refractivity contribution in [1.29, 1.82) is 0 Å². The summed E-state index contributed by atoms with van der Waals surface area (Å²) in [6.07, 6.45) is 3.73. The minimum absolute atomic E-state index is 0.105. The fourth-order valence-electron chi connectivity index (χ4n) is 1.74. The topological polar surface area (TPSA) is 35.5 Å². The lowest BCUT2D eigenvalue weighted by molar-refractivity contribution is -0.138. The van der Waals surface area contributed by atoms with Crippen molar-refractivity contribution in [2.75, 3.05) is 13.2 Å². The highest BCUT2D eigenvalue weighted by atomic mass is 16.6. The normalized spacial score (nSPS) is 37.6. The van der Waals surface area contributed by atoms with Crippen LogP contribution < -0.4 is 0 Å². The predicted octanol–water partition coefficient (Wildman–Crippen LogP) is 0.873. The molecule has 1 atom stereocenters. The number of carbonyl (C=O) groups is 1. The van der Waals surface area contributed by atoms with Crippen LogP contribution in [0.1, 0.15) is 25.7 Å². The minimum atomic E-state index is -0.227. The molecule has 1 spiro atoms. The molecule has 0 bridgehead atoms. The van der Waals surface area contributed by atoms with Gasteiger partial charge in [0.05, 0.1) is 6.42 Å². The van der Waals surface area contributed by atoms with E-state index >= 15 is 0 Å². The van der Waals surface area contributed by atoms with Crippen LogP contribution in [0, 0.1) is 0 Å². The van der Waals surface area contributed by atoms with Crippen LogP contribution in [0.4, 0.5) is 0 Å². The van der Waals surface area contributed by atoms with Gasteiger partial charge in [0.15, 0.2) is 0 Å². The molecule has 62 valence electrons. The first-order valence-electron chi connectivity index (χ1n) is 4.10. The standard InChI is InChI=1S/C8H12O3/c9-7-5-8(6-10-7)3-1-2-4-11-8/h1-6H2. The molecule has 0 aromatic carbocycles. The van der Waals surface area contributed by atoms with Crippen molar-refractivity contribution in [3.8, 4) is 0 Å². The molecule has 0 aliphatic carbocycles. The quantitative estimate of drug-likeness (QED) is 0.488. The third kappa shape index (κ3) is 1.25. The molecule has 0 radical (unpaired) electrons. The van der Waals surface area contributed by atoms with Crippen LogP contribution in [0.15, 0.2) is 0 Å².